The summed E-state index contributed by atoms with van der Waals surface area (Å²) in [4.78, 5) is 21.8. The lowest BCUT2D eigenvalue weighted by Gasteiger charge is -2.07. The Morgan fingerprint density at radius 1 is 1.44 bits per heavy atom. The maximum Gasteiger partial charge on any atom is 0.325 e. The number of carboxylic acids is 1. The molecule has 1 rings (SSSR count). The van der Waals surface area contributed by atoms with Gasteiger partial charge in [-0.3, -0.25) is 14.2 Å². The number of aromatic nitrogens is 3. The molecule has 0 bridgehead atoms. The molecule has 0 aliphatic carbocycles. The molecular weight excluding hydrogens is 258 g/mol. The van der Waals surface area contributed by atoms with Crippen molar-refractivity contribution in [2.75, 3.05) is 12.9 Å². The molecular formula is C10H15N3O4S. The Hall–Kier alpha value is -1.57. The third-order valence-electron chi connectivity index (χ3n) is 2.11. The highest BCUT2D eigenvalue weighted by Gasteiger charge is 2.16. The monoisotopic (exact) mass is 273 g/mol. The quantitative estimate of drug-likeness (QED) is 0.573. The topological polar surface area (TPSA) is 94.3 Å². The van der Waals surface area contributed by atoms with E-state index in [-0.39, 0.29) is 12.3 Å². The number of methoxy groups -OCH3 is 1. The lowest BCUT2D eigenvalue weighted by Crippen LogP contribution is -2.15. The van der Waals surface area contributed by atoms with Crippen molar-refractivity contribution in [3.05, 3.63) is 5.82 Å². The van der Waals surface area contributed by atoms with Crippen LogP contribution < -0.4 is 0 Å². The van der Waals surface area contributed by atoms with E-state index in [4.69, 9.17) is 5.11 Å². The van der Waals surface area contributed by atoms with Crippen LogP contribution in [0.2, 0.25) is 0 Å². The van der Waals surface area contributed by atoms with E-state index in [0.717, 1.165) is 18.2 Å². The molecule has 0 spiro atoms. The van der Waals surface area contributed by atoms with Crippen LogP contribution in [0.1, 0.15) is 19.2 Å². The van der Waals surface area contributed by atoms with E-state index in [2.05, 4.69) is 14.9 Å². The second kappa shape index (κ2) is 7.00. The smallest absolute Gasteiger partial charge is 0.325 e. The van der Waals surface area contributed by atoms with Gasteiger partial charge in [-0.25, -0.2) is 0 Å². The van der Waals surface area contributed by atoms with E-state index < -0.39 is 11.9 Å². The van der Waals surface area contributed by atoms with Gasteiger partial charge in [-0.1, -0.05) is 18.7 Å². The lowest BCUT2D eigenvalue weighted by atomic mass is 10.3. The molecule has 1 N–H and O–H groups in total. The van der Waals surface area contributed by atoms with Crippen LogP contribution in [0, 0.1) is 0 Å². The molecule has 0 aliphatic rings. The SMILES string of the molecule is CCCc1nnc(SCC(=O)O)n1CC(=O)OC. The average molecular weight is 273 g/mol. The van der Waals surface area contributed by atoms with Crippen molar-refractivity contribution in [1.82, 2.24) is 14.8 Å². The number of nitrogens with zero attached hydrogens (tertiary/aromatic N) is 3. The maximum atomic E-state index is 11.3. The molecule has 1 aromatic rings. The highest BCUT2D eigenvalue weighted by atomic mass is 32.2. The van der Waals surface area contributed by atoms with Crippen molar-refractivity contribution >= 4 is 23.7 Å². The molecule has 1 heterocycles. The van der Waals surface area contributed by atoms with Gasteiger partial charge in [0, 0.05) is 6.42 Å². The van der Waals surface area contributed by atoms with Gasteiger partial charge in [0.2, 0.25) is 0 Å². The molecule has 18 heavy (non-hydrogen) atoms. The standard InChI is InChI=1S/C10H15N3O4S/c1-3-4-7-11-12-10(18-6-8(14)15)13(7)5-9(16)17-2/h3-6H2,1-2H3,(H,14,15). The first-order chi connectivity index (χ1) is 8.58. The molecule has 7 nitrogen and oxygen atoms in total. The average Bonchev–Trinajstić information content (AvgIpc) is 2.70. The van der Waals surface area contributed by atoms with Gasteiger partial charge < -0.3 is 9.84 Å². The predicted molar refractivity (Wildman–Crippen MR) is 64.4 cm³/mol. The van der Waals surface area contributed by atoms with Gasteiger partial charge in [-0.2, -0.15) is 0 Å². The normalized spacial score (nSPS) is 10.3. The van der Waals surface area contributed by atoms with E-state index in [1.807, 2.05) is 6.92 Å². The molecule has 1 aromatic heterocycles. The number of hydrogen-bond donors (Lipinski definition) is 1. The number of thioether (sulfide) groups is 1. The fraction of sp³-hybridized carbons (Fsp3) is 0.600. The molecule has 0 amide bonds. The van der Waals surface area contributed by atoms with E-state index in [1.165, 1.54) is 7.11 Å². The molecule has 100 valence electrons. The van der Waals surface area contributed by atoms with Gasteiger partial charge in [-0.15, -0.1) is 10.2 Å². The Balaban J connectivity index is 2.87. The number of aliphatic carboxylic acids is 1. The summed E-state index contributed by atoms with van der Waals surface area (Å²) in [5, 5.41) is 16.9. The summed E-state index contributed by atoms with van der Waals surface area (Å²) in [6, 6.07) is 0. The van der Waals surface area contributed by atoms with Crippen LogP contribution in [0.3, 0.4) is 0 Å². The Labute approximate surface area is 109 Å². The molecule has 0 radical (unpaired) electrons. The summed E-state index contributed by atoms with van der Waals surface area (Å²) in [5.74, 6) is -0.810. The van der Waals surface area contributed by atoms with E-state index in [9.17, 15) is 9.59 Å². The zero-order valence-corrected chi connectivity index (χ0v) is 11.1. The second-order valence-corrected chi connectivity index (χ2v) is 4.44. The Morgan fingerprint density at radius 2 is 2.17 bits per heavy atom. The molecule has 0 fully saturated rings. The number of hydrogen-bond acceptors (Lipinski definition) is 6. The molecule has 0 aliphatic heterocycles. The van der Waals surface area contributed by atoms with Crippen LogP contribution in [0.25, 0.3) is 0 Å². The molecule has 0 aromatic carbocycles. The zero-order chi connectivity index (χ0) is 13.5. The molecule has 0 saturated heterocycles. The fourth-order valence-corrected chi connectivity index (χ4v) is 1.99. The highest BCUT2D eigenvalue weighted by molar-refractivity contribution is 7.99. The summed E-state index contributed by atoms with van der Waals surface area (Å²) in [7, 11) is 1.30. The Morgan fingerprint density at radius 3 is 2.72 bits per heavy atom. The van der Waals surface area contributed by atoms with Crippen LogP contribution >= 0.6 is 11.8 Å². The maximum absolute atomic E-state index is 11.3. The van der Waals surface area contributed by atoms with Crippen LogP contribution in [0.15, 0.2) is 5.16 Å². The summed E-state index contributed by atoms with van der Waals surface area (Å²) in [6.45, 7) is 1.99. The second-order valence-electron chi connectivity index (χ2n) is 3.49. The van der Waals surface area contributed by atoms with Crippen molar-refractivity contribution in [1.29, 1.82) is 0 Å². The largest absolute Gasteiger partial charge is 0.481 e. The number of carbonyl (C=O) groups is 2. The third-order valence-corrected chi connectivity index (χ3v) is 3.06. The minimum atomic E-state index is -0.940. The summed E-state index contributed by atoms with van der Waals surface area (Å²) in [6.07, 6.45) is 1.54. The van der Waals surface area contributed by atoms with Crippen LogP contribution in [-0.2, 0) is 27.3 Å². The lowest BCUT2D eigenvalue weighted by molar-refractivity contribution is -0.141. The van der Waals surface area contributed by atoms with Crippen molar-refractivity contribution in [3.63, 3.8) is 0 Å². The van der Waals surface area contributed by atoms with E-state index in [0.29, 0.717) is 17.4 Å². The minimum absolute atomic E-state index is 0.000779. The van der Waals surface area contributed by atoms with Crippen molar-refractivity contribution in [2.24, 2.45) is 0 Å². The number of ether oxygens (including phenoxy) is 1. The molecule has 0 unspecified atom stereocenters. The van der Waals surface area contributed by atoms with Crippen LogP contribution in [-0.4, -0.2) is 44.7 Å². The van der Waals surface area contributed by atoms with Crippen molar-refractivity contribution in [2.45, 2.75) is 31.5 Å². The molecule has 0 saturated carbocycles. The van der Waals surface area contributed by atoms with E-state index >= 15 is 0 Å². The van der Waals surface area contributed by atoms with Gasteiger partial charge in [0.1, 0.15) is 12.4 Å². The number of aryl methyl sites for hydroxylation is 1. The van der Waals surface area contributed by atoms with Gasteiger partial charge in [-0.05, 0) is 6.42 Å². The van der Waals surface area contributed by atoms with Crippen molar-refractivity contribution < 1.29 is 19.4 Å². The third kappa shape index (κ3) is 4.02. The summed E-state index contributed by atoms with van der Waals surface area (Å²) >= 11 is 1.04. The Bertz CT molecular complexity index is 433. The number of rotatable bonds is 7. The first-order valence-corrected chi connectivity index (χ1v) is 6.40. The fourth-order valence-electron chi connectivity index (χ4n) is 1.31. The van der Waals surface area contributed by atoms with E-state index in [1.54, 1.807) is 4.57 Å². The van der Waals surface area contributed by atoms with Gasteiger partial charge in [0.05, 0.1) is 12.9 Å². The minimum Gasteiger partial charge on any atom is -0.481 e. The first-order valence-electron chi connectivity index (χ1n) is 5.42. The number of esters is 1. The zero-order valence-electron chi connectivity index (χ0n) is 10.3. The van der Waals surface area contributed by atoms with Crippen LogP contribution in [0.4, 0.5) is 0 Å². The molecule has 8 heteroatoms. The summed E-state index contributed by atoms with van der Waals surface area (Å²) < 4.78 is 6.20. The molecule has 0 atom stereocenters. The highest BCUT2D eigenvalue weighted by Crippen LogP contribution is 2.17. The summed E-state index contributed by atoms with van der Waals surface area (Å²) in [5.41, 5.74) is 0. The van der Waals surface area contributed by atoms with Crippen LogP contribution in [0.5, 0.6) is 0 Å². The first kappa shape index (κ1) is 14.5. The predicted octanol–water partition coefficient (Wildman–Crippen LogP) is 0.580. The Kier molecular flexibility index (Phi) is 5.63. The van der Waals surface area contributed by atoms with Gasteiger partial charge >= 0.3 is 11.9 Å². The number of carboxylic acid groups (broad SMARTS) is 1. The van der Waals surface area contributed by atoms with Gasteiger partial charge in [0.25, 0.3) is 0 Å². The van der Waals surface area contributed by atoms with Crippen molar-refractivity contribution in [3.8, 4) is 0 Å². The number of carbonyl (C=O) groups excluding carboxylic acids is 1. The van der Waals surface area contributed by atoms with Gasteiger partial charge in [0.15, 0.2) is 5.16 Å².